The average Bonchev–Trinajstić information content (AvgIpc) is 2.15. The summed E-state index contributed by atoms with van der Waals surface area (Å²) in [4.78, 5) is 0.827. The van der Waals surface area contributed by atoms with Crippen molar-refractivity contribution in [3.8, 4) is 0 Å². The van der Waals surface area contributed by atoms with Crippen LogP contribution >= 0.6 is 0 Å². The van der Waals surface area contributed by atoms with Crippen LogP contribution in [0.2, 0.25) is 0 Å². The summed E-state index contributed by atoms with van der Waals surface area (Å²) in [6.45, 7) is 7.60. The molecule has 14 heavy (non-hydrogen) atoms. The van der Waals surface area contributed by atoms with E-state index < -0.39 is 10.8 Å². The quantitative estimate of drug-likeness (QED) is 0.694. The van der Waals surface area contributed by atoms with Crippen LogP contribution in [0.5, 0.6) is 0 Å². The van der Waals surface area contributed by atoms with Crippen molar-refractivity contribution in [1.82, 2.24) is 0 Å². The van der Waals surface area contributed by atoms with Gasteiger partial charge in [-0.15, -0.1) is 0 Å². The highest BCUT2D eigenvalue weighted by molar-refractivity contribution is 7.88. The van der Waals surface area contributed by atoms with Crippen molar-refractivity contribution in [2.45, 2.75) is 18.7 Å². The Hall–Kier alpha value is -1.15. The molecular formula is C12H14OS. The molecule has 0 radical (unpaired) electrons. The molecule has 0 aromatic heterocycles. The molecule has 0 aliphatic carbocycles. The highest BCUT2D eigenvalue weighted by Crippen LogP contribution is 2.09. The minimum absolute atomic E-state index is 0.827. The fourth-order valence-corrected chi connectivity index (χ4v) is 1.85. The molecule has 1 aromatic rings. The first kappa shape index (κ1) is 10.9. The van der Waals surface area contributed by atoms with Gasteiger partial charge in [-0.05, 0) is 26.0 Å². The Labute approximate surface area is 87.6 Å². The van der Waals surface area contributed by atoms with Gasteiger partial charge in [-0.3, -0.25) is 0 Å². The van der Waals surface area contributed by atoms with Gasteiger partial charge >= 0.3 is 0 Å². The molecule has 1 rings (SSSR count). The summed E-state index contributed by atoms with van der Waals surface area (Å²) in [5.41, 5.74) is 2.08. The van der Waals surface area contributed by atoms with Crippen molar-refractivity contribution < 1.29 is 4.21 Å². The maximum atomic E-state index is 11.6. The van der Waals surface area contributed by atoms with Crippen molar-refractivity contribution in [1.29, 1.82) is 0 Å². The first-order valence-corrected chi connectivity index (χ1v) is 5.62. The van der Waals surface area contributed by atoms with Crippen LogP contribution in [0, 0.1) is 6.92 Å². The molecule has 0 fully saturated rings. The van der Waals surface area contributed by atoms with Gasteiger partial charge in [0.2, 0.25) is 0 Å². The summed E-state index contributed by atoms with van der Waals surface area (Å²) in [7, 11) is -1.05. The highest BCUT2D eigenvalue weighted by atomic mass is 32.2. The Morgan fingerprint density at radius 2 is 1.93 bits per heavy atom. The van der Waals surface area contributed by atoms with Gasteiger partial charge in [-0.25, -0.2) is 4.21 Å². The minimum Gasteiger partial charge on any atom is -0.250 e. The smallest absolute Gasteiger partial charge is 0.0776 e. The Balaban J connectivity index is 2.80. The monoisotopic (exact) mass is 206 g/mol. The Kier molecular flexibility index (Phi) is 3.84. The van der Waals surface area contributed by atoms with Crippen LogP contribution in [-0.2, 0) is 10.8 Å². The van der Waals surface area contributed by atoms with Crippen LogP contribution in [-0.4, -0.2) is 4.21 Å². The first-order chi connectivity index (χ1) is 6.59. The van der Waals surface area contributed by atoms with Gasteiger partial charge in [0.25, 0.3) is 0 Å². The van der Waals surface area contributed by atoms with Crippen LogP contribution < -0.4 is 0 Å². The molecule has 1 aromatic carbocycles. The van der Waals surface area contributed by atoms with E-state index in [1.165, 1.54) is 5.56 Å². The van der Waals surface area contributed by atoms with Gasteiger partial charge in [-0.1, -0.05) is 35.9 Å². The van der Waals surface area contributed by atoms with Gasteiger partial charge < -0.3 is 0 Å². The van der Waals surface area contributed by atoms with E-state index in [2.05, 4.69) is 6.58 Å². The zero-order valence-corrected chi connectivity index (χ0v) is 9.30. The van der Waals surface area contributed by atoms with Gasteiger partial charge in [0.1, 0.15) is 0 Å². The molecule has 0 spiro atoms. The van der Waals surface area contributed by atoms with E-state index in [9.17, 15) is 4.21 Å². The SMILES string of the molecule is C=C(C)/C=C\S(=O)c1ccc(C)cc1. The van der Waals surface area contributed by atoms with Crippen LogP contribution in [0.1, 0.15) is 12.5 Å². The topological polar surface area (TPSA) is 17.1 Å². The molecule has 2 heteroatoms. The molecule has 0 N–H and O–H groups in total. The molecule has 0 heterocycles. The number of aryl methyl sites for hydroxylation is 1. The van der Waals surface area contributed by atoms with E-state index in [0.717, 1.165) is 10.5 Å². The van der Waals surface area contributed by atoms with Crippen molar-refractivity contribution in [2.75, 3.05) is 0 Å². The number of rotatable bonds is 3. The lowest BCUT2D eigenvalue weighted by Crippen LogP contribution is -1.86. The second-order valence-electron chi connectivity index (χ2n) is 3.26. The predicted molar refractivity (Wildman–Crippen MR) is 61.5 cm³/mol. The third-order valence-corrected chi connectivity index (χ3v) is 2.85. The molecule has 1 atom stereocenters. The Morgan fingerprint density at radius 3 is 2.43 bits per heavy atom. The van der Waals surface area contributed by atoms with Gasteiger partial charge in [-0.2, -0.15) is 0 Å². The van der Waals surface area contributed by atoms with E-state index in [4.69, 9.17) is 0 Å². The number of benzene rings is 1. The molecular weight excluding hydrogens is 192 g/mol. The second kappa shape index (κ2) is 4.91. The summed E-state index contributed by atoms with van der Waals surface area (Å²) in [6, 6.07) is 7.69. The molecule has 0 aliphatic heterocycles. The van der Waals surface area contributed by atoms with Crippen molar-refractivity contribution in [3.63, 3.8) is 0 Å². The zero-order valence-electron chi connectivity index (χ0n) is 8.49. The fourth-order valence-electron chi connectivity index (χ4n) is 0.929. The normalized spacial score (nSPS) is 13.0. The summed E-state index contributed by atoms with van der Waals surface area (Å²) < 4.78 is 11.6. The Bertz CT molecular complexity index is 374. The molecule has 1 unspecified atom stereocenters. The Morgan fingerprint density at radius 1 is 1.36 bits per heavy atom. The van der Waals surface area contributed by atoms with E-state index in [-0.39, 0.29) is 0 Å². The van der Waals surface area contributed by atoms with Crippen LogP contribution in [0.4, 0.5) is 0 Å². The largest absolute Gasteiger partial charge is 0.250 e. The molecule has 0 bridgehead atoms. The molecule has 0 saturated carbocycles. The third kappa shape index (κ3) is 3.30. The van der Waals surface area contributed by atoms with Crippen molar-refractivity contribution in [3.05, 3.63) is 53.5 Å². The van der Waals surface area contributed by atoms with Crippen LogP contribution in [0.25, 0.3) is 0 Å². The number of hydrogen-bond acceptors (Lipinski definition) is 1. The predicted octanol–water partition coefficient (Wildman–Crippen LogP) is 3.19. The van der Waals surface area contributed by atoms with Gasteiger partial charge in [0.05, 0.1) is 10.8 Å². The van der Waals surface area contributed by atoms with Gasteiger partial charge in [0, 0.05) is 10.3 Å². The third-order valence-electron chi connectivity index (χ3n) is 1.73. The second-order valence-corrected chi connectivity index (χ2v) is 4.60. The lowest BCUT2D eigenvalue weighted by Gasteiger charge is -1.97. The molecule has 0 aliphatic rings. The minimum atomic E-state index is -1.05. The number of allylic oxidation sites excluding steroid dienone is 2. The summed E-state index contributed by atoms with van der Waals surface area (Å²) in [5.74, 6) is 0. The van der Waals surface area contributed by atoms with E-state index >= 15 is 0 Å². The maximum absolute atomic E-state index is 11.6. The summed E-state index contributed by atoms with van der Waals surface area (Å²) in [5, 5.41) is 1.66. The van der Waals surface area contributed by atoms with Crippen molar-refractivity contribution >= 4 is 10.8 Å². The standard InChI is InChI=1S/C12H14OS/c1-10(2)8-9-14(13)12-6-4-11(3)5-7-12/h4-9H,1H2,2-3H3/b9-8-. The molecule has 0 saturated heterocycles. The van der Waals surface area contributed by atoms with Crippen LogP contribution in [0.15, 0.2) is 52.8 Å². The maximum Gasteiger partial charge on any atom is 0.0776 e. The highest BCUT2D eigenvalue weighted by Gasteiger charge is 1.97. The molecule has 0 amide bonds. The van der Waals surface area contributed by atoms with Gasteiger partial charge in [0.15, 0.2) is 0 Å². The number of hydrogen-bond donors (Lipinski definition) is 0. The van der Waals surface area contributed by atoms with E-state index in [1.54, 1.807) is 11.5 Å². The average molecular weight is 206 g/mol. The van der Waals surface area contributed by atoms with Crippen LogP contribution in [0.3, 0.4) is 0 Å². The van der Waals surface area contributed by atoms with E-state index in [1.807, 2.05) is 38.1 Å². The zero-order chi connectivity index (χ0) is 10.6. The fraction of sp³-hybridized carbons (Fsp3) is 0.167. The summed E-state index contributed by atoms with van der Waals surface area (Å²) >= 11 is 0. The lowest BCUT2D eigenvalue weighted by molar-refractivity contribution is 0.688. The summed E-state index contributed by atoms with van der Waals surface area (Å²) in [6.07, 6.45) is 1.77. The first-order valence-electron chi connectivity index (χ1n) is 4.40. The van der Waals surface area contributed by atoms with E-state index in [0.29, 0.717) is 0 Å². The molecule has 74 valence electrons. The van der Waals surface area contributed by atoms with Crippen molar-refractivity contribution in [2.24, 2.45) is 0 Å². The molecule has 1 nitrogen and oxygen atoms in total. The lowest BCUT2D eigenvalue weighted by atomic mass is 10.2.